The average molecular weight is 284 g/mol. The molecule has 2 N–H and O–H groups in total. The lowest BCUT2D eigenvalue weighted by molar-refractivity contribution is -0.137. The van der Waals surface area contributed by atoms with Crippen LogP contribution in [0.4, 0.5) is 0 Å². The van der Waals surface area contributed by atoms with Gasteiger partial charge in [-0.3, -0.25) is 9.35 Å². The third-order valence-electron chi connectivity index (χ3n) is 3.70. The normalized spacial score (nSPS) is 22.8. The summed E-state index contributed by atoms with van der Waals surface area (Å²) in [5.41, 5.74) is 1.71. The van der Waals surface area contributed by atoms with E-state index in [4.69, 9.17) is 9.66 Å². The number of carbonyl (C=O) groups is 1. The zero-order valence-corrected chi connectivity index (χ0v) is 11.4. The topological polar surface area (TPSA) is 91.7 Å². The summed E-state index contributed by atoms with van der Waals surface area (Å²) in [7, 11) is -4.22. The molecule has 19 heavy (non-hydrogen) atoms. The highest BCUT2D eigenvalue weighted by atomic mass is 32.2. The molecule has 104 valence electrons. The first-order valence-electron chi connectivity index (χ1n) is 6.12. The van der Waals surface area contributed by atoms with E-state index in [1.165, 1.54) is 12.1 Å². The molecule has 0 fully saturated rings. The summed E-state index contributed by atoms with van der Waals surface area (Å²) in [5, 5.41) is 8.91. The molecule has 5 nitrogen and oxygen atoms in total. The average Bonchev–Trinajstić information content (AvgIpc) is 2.31. The molecule has 0 heterocycles. The van der Waals surface area contributed by atoms with Crippen molar-refractivity contribution < 1.29 is 22.9 Å². The maximum absolute atomic E-state index is 11.1. The summed E-state index contributed by atoms with van der Waals surface area (Å²) in [4.78, 5) is 10.7. The maximum atomic E-state index is 11.1. The van der Waals surface area contributed by atoms with Crippen LogP contribution < -0.4 is 0 Å². The Morgan fingerprint density at radius 2 is 2.00 bits per heavy atom. The van der Waals surface area contributed by atoms with Crippen LogP contribution in [0.3, 0.4) is 0 Å². The lowest BCUT2D eigenvalue weighted by Crippen LogP contribution is -2.16. The molecular formula is C13H16O5S. The van der Waals surface area contributed by atoms with Crippen molar-refractivity contribution in [2.45, 2.75) is 42.9 Å². The van der Waals surface area contributed by atoms with Crippen molar-refractivity contribution >= 4 is 16.1 Å². The van der Waals surface area contributed by atoms with E-state index in [2.05, 4.69) is 0 Å². The summed E-state index contributed by atoms with van der Waals surface area (Å²) < 4.78 is 31.4. The van der Waals surface area contributed by atoms with Gasteiger partial charge in [-0.15, -0.1) is 0 Å². The molecule has 1 aromatic rings. The number of benzene rings is 1. The van der Waals surface area contributed by atoms with E-state index in [9.17, 15) is 13.2 Å². The Morgan fingerprint density at radius 1 is 1.32 bits per heavy atom. The molecule has 0 spiro atoms. The number of aliphatic carboxylic acids is 1. The number of fused-ring (bicyclic) bond motifs is 1. The van der Waals surface area contributed by atoms with Gasteiger partial charge in [0.2, 0.25) is 0 Å². The molecule has 0 saturated heterocycles. The van der Waals surface area contributed by atoms with Gasteiger partial charge in [0.05, 0.1) is 11.3 Å². The Labute approximate surface area is 112 Å². The largest absolute Gasteiger partial charge is 0.481 e. The van der Waals surface area contributed by atoms with E-state index in [0.717, 1.165) is 24.0 Å². The molecule has 0 saturated carbocycles. The number of carboxylic acids is 1. The van der Waals surface area contributed by atoms with Gasteiger partial charge in [-0.1, -0.05) is 13.0 Å². The van der Waals surface area contributed by atoms with E-state index in [0.29, 0.717) is 0 Å². The fraction of sp³-hybridized carbons (Fsp3) is 0.462. The second-order valence-corrected chi connectivity index (χ2v) is 6.46. The molecule has 1 aliphatic rings. The van der Waals surface area contributed by atoms with Crippen LogP contribution in [0, 0.1) is 0 Å². The van der Waals surface area contributed by atoms with Gasteiger partial charge in [0.15, 0.2) is 0 Å². The minimum absolute atomic E-state index is 0.0466. The number of rotatable bonds is 3. The Morgan fingerprint density at radius 3 is 2.58 bits per heavy atom. The van der Waals surface area contributed by atoms with E-state index < -0.39 is 16.1 Å². The Bertz CT molecular complexity index is 605. The first-order chi connectivity index (χ1) is 8.79. The maximum Gasteiger partial charge on any atom is 0.303 e. The smallest absolute Gasteiger partial charge is 0.303 e. The molecule has 1 aliphatic carbocycles. The minimum atomic E-state index is -4.22. The van der Waals surface area contributed by atoms with Crippen molar-refractivity contribution in [3.8, 4) is 0 Å². The van der Waals surface area contributed by atoms with Crippen LogP contribution in [0.5, 0.6) is 0 Å². The van der Waals surface area contributed by atoms with Crippen LogP contribution in [0.25, 0.3) is 0 Å². The highest BCUT2D eigenvalue weighted by Gasteiger charge is 2.27. The molecule has 0 aliphatic heterocycles. The second kappa shape index (κ2) is 4.94. The molecular weight excluding hydrogens is 268 g/mol. The summed E-state index contributed by atoms with van der Waals surface area (Å²) >= 11 is 0. The summed E-state index contributed by atoms with van der Waals surface area (Å²) in [6, 6.07) is 4.42. The van der Waals surface area contributed by atoms with Gasteiger partial charge in [0.1, 0.15) is 0 Å². The summed E-state index contributed by atoms with van der Waals surface area (Å²) in [6.45, 7) is 1.98. The molecule has 6 heteroatoms. The first kappa shape index (κ1) is 14.0. The summed E-state index contributed by atoms with van der Waals surface area (Å²) in [6.07, 6.45) is 1.65. The zero-order valence-electron chi connectivity index (χ0n) is 10.5. The van der Waals surface area contributed by atoms with Gasteiger partial charge in [-0.05, 0) is 47.9 Å². The van der Waals surface area contributed by atoms with Crippen LogP contribution >= 0.6 is 0 Å². The second-order valence-electron chi connectivity index (χ2n) is 5.04. The Balaban J connectivity index is 2.47. The Hall–Kier alpha value is -1.40. The van der Waals surface area contributed by atoms with Crippen molar-refractivity contribution in [2.75, 3.05) is 0 Å². The van der Waals surface area contributed by atoms with Crippen LogP contribution in [0.1, 0.15) is 49.1 Å². The predicted molar refractivity (Wildman–Crippen MR) is 68.9 cm³/mol. The zero-order chi connectivity index (χ0) is 14.2. The van der Waals surface area contributed by atoms with E-state index in [1.807, 2.05) is 6.92 Å². The molecule has 0 radical (unpaired) electrons. The van der Waals surface area contributed by atoms with Crippen LogP contribution in [0.15, 0.2) is 23.1 Å². The Kier molecular flexibility index (Phi) is 3.64. The fourth-order valence-electron chi connectivity index (χ4n) is 2.70. The lowest BCUT2D eigenvalue weighted by atomic mass is 9.76. The lowest BCUT2D eigenvalue weighted by Gasteiger charge is -2.29. The fourth-order valence-corrected chi connectivity index (χ4v) is 3.21. The monoisotopic (exact) mass is 284 g/mol. The third-order valence-corrected chi connectivity index (χ3v) is 4.55. The van der Waals surface area contributed by atoms with Gasteiger partial charge in [-0.25, -0.2) is 0 Å². The SMILES string of the molecule is CC1CCC(CC(=O)O)c2ccc(S(=O)(=O)O)cc21. The first-order valence-corrected chi connectivity index (χ1v) is 7.56. The summed E-state index contributed by atoms with van der Waals surface area (Å²) in [5.74, 6) is -0.773. The van der Waals surface area contributed by atoms with Gasteiger partial charge >= 0.3 is 5.97 Å². The number of carboxylic acid groups (broad SMARTS) is 1. The minimum Gasteiger partial charge on any atom is -0.481 e. The quantitative estimate of drug-likeness (QED) is 0.831. The third kappa shape index (κ3) is 2.96. The van der Waals surface area contributed by atoms with Crippen molar-refractivity contribution in [3.63, 3.8) is 0 Å². The molecule has 2 rings (SSSR count). The van der Waals surface area contributed by atoms with Crippen molar-refractivity contribution in [2.24, 2.45) is 0 Å². The van der Waals surface area contributed by atoms with Crippen molar-refractivity contribution in [1.29, 1.82) is 0 Å². The molecule has 0 amide bonds. The highest BCUT2D eigenvalue weighted by molar-refractivity contribution is 7.85. The molecule has 2 atom stereocenters. The van der Waals surface area contributed by atoms with Crippen LogP contribution in [-0.2, 0) is 14.9 Å². The van der Waals surface area contributed by atoms with E-state index in [1.54, 1.807) is 6.07 Å². The van der Waals surface area contributed by atoms with Gasteiger partial charge < -0.3 is 5.11 Å². The van der Waals surface area contributed by atoms with Crippen LogP contribution in [0.2, 0.25) is 0 Å². The van der Waals surface area contributed by atoms with Crippen molar-refractivity contribution in [3.05, 3.63) is 29.3 Å². The standard InChI is InChI=1S/C13H16O5S/c1-8-2-3-9(6-13(14)15)11-5-4-10(7-12(8)11)19(16,17)18/h4-5,7-9H,2-3,6H2,1H3,(H,14,15)(H,16,17,18). The van der Waals surface area contributed by atoms with Crippen molar-refractivity contribution in [1.82, 2.24) is 0 Å². The number of hydrogen-bond donors (Lipinski definition) is 2. The van der Waals surface area contributed by atoms with Gasteiger partial charge in [0, 0.05) is 0 Å². The number of hydrogen-bond acceptors (Lipinski definition) is 3. The van der Waals surface area contributed by atoms with Gasteiger partial charge in [0.25, 0.3) is 10.1 Å². The van der Waals surface area contributed by atoms with E-state index in [-0.39, 0.29) is 23.2 Å². The predicted octanol–water partition coefficient (Wildman–Crippen LogP) is 2.39. The molecule has 0 aromatic heterocycles. The highest BCUT2D eigenvalue weighted by Crippen LogP contribution is 2.41. The molecule has 2 unspecified atom stereocenters. The van der Waals surface area contributed by atoms with E-state index >= 15 is 0 Å². The molecule has 1 aromatic carbocycles. The van der Waals surface area contributed by atoms with Crippen LogP contribution in [-0.4, -0.2) is 24.0 Å². The van der Waals surface area contributed by atoms with Gasteiger partial charge in [-0.2, -0.15) is 8.42 Å². The molecule has 0 bridgehead atoms.